The highest BCUT2D eigenvalue weighted by Crippen LogP contribution is 2.29. The normalized spacial score (nSPS) is 16.4. The Morgan fingerprint density at radius 2 is 2.00 bits per heavy atom. The molecular weight excluding hydrogens is 386 g/mol. The maximum Gasteiger partial charge on any atom is 0.255 e. The first-order valence-electron chi connectivity index (χ1n) is 9.67. The topological polar surface area (TPSA) is 88.8 Å². The lowest BCUT2D eigenvalue weighted by molar-refractivity contribution is 0.0939. The van der Waals surface area contributed by atoms with E-state index in [2.05, 4.69) is 25.3 Å². The summed E-state index contributed by atoms with van der Waals surface area (Å²) in [4.78, 5) is 29.7. The molecule has 0 radical (unpaired) electrons. The van der Waals surface area contributed by atoms with Crippen LogP contribution in [-0.2, 0) is 7.05 Å². The van der Waals surface area contributed by atoms with Crippen molar-refractivity contribution in [1.29, 1.82) is 0 Å². The van der Waals surface area contributed by atoms with E-state index in [0.717, 1.165) is 45.6 Å². The van der Waals surface area contributed by atoms with Gasteiger partial charge in [0.25, 0.3) is 5.91 Å². The summed E-state index contributed by atoms with van der Waals surface area (Å²) in [6, 6.07) is 1.98. The van der Waals surface area contributed by atoms with Gasteiger partial charge < -0.3 is 10.2 Å². The molecule has 1 fully saturated rings. The fourth-order valence-corrected chi connectivity index (χ4v) is 4.71. The number of thiazole rings is 1. The standard InChI is InChI=1S/C20H25N7OS/c1-11-17(13(3)26(5)25-11)19(28)23-15-7-9-27(10-15)20-21-8-6-16(24-20)18-12(2)22-14(4)29-18/h6,8,15H,7,9-10H2,1-5H3,(H,23,28). The first kappa shape index (κ1) is 19.5. The Morgan fingerprint density at radius 3 is 2.66 bits per heavy atom. The van der Waals surface area contributed by atoms with Gasteiger partial charge in [0.1, 0.15) is 0 Å². The molecule has 1 amide bonds. The lowest BCUT2D eigenvalue weighted by Crippen LogP contribution is -2.37. The molecule has 3 aromatic heterocycles. The molecular formula is C20H25N7OS. The van der Waals surface area contributed by atoms with Crippen LogP contribution in [0.1, 0.15) is 38.9 Å². The number of aryl methyl sites for hydroxylation is 4. The van der Waals surface area contributed by atoms with Gasteiger partial charge in [0.15, 0.2) is 0 Å². The van der Waals surface area contributed by atoms with Crippen LogP contribution in [0.25, 0.3) is 10.6 Å². The van der Waals surface area contributed by atoms with Crippen molar-refractivity contribution in [3.05, 3.63) is 39.9 Å². The van der Waals surface area contributed by atoms with Crippen molar-refractivity contribution in [3.63, 3.8) is 0 Å². The molecule has 152 valence electrons. The molecule has 1 atom stereocenters. The zero-order valence-electron chi connectivity index (χ0n) is 17.4. The summed E-state index contributed by atoms with van der Waals surface area (Å²) in [5.41, 5.74) is 4.18. The third-order valence-electron chi connectivity index (χ3n) is 5.32. The lowest BCUT2D eigenvalue weighted by atomic mass is 10.1. The van der Waals surface area contributed by atoms with Crippen LogP contribution >= 0.6 is 11.3 Å². The number of hydrogen-bond acceptors (Lipinski definition) is 7. The Bertz CT molecular complexity index is 1070. The quantitative estimate of drug-likeness (QED) is 0.710. The molecule has 1 aliphatic heterocycles. The number of rotatable bonds is 4. The Balaban J connectivity index is 1.47. The average molecular weight is 412 g/mol. The van der Waals surface area contributed by atoms with Crippen molar-refractivity contribution < 1.29 is 4.79 Å². The fourth-order valence-electron chi connectivity index (χ4n) is 3.82. The number of nitrogens with zero attached hydrogens (tertiary/aromatic N) is 6. The summed E-state index contributed by atoms with van der Waals surface area (Å²) >= 11 is 1.65. The Morgan fingerprint density at radius 1 is 1.21 bits per heavy atom. The van der Waals surface area contributed by atoms with Crippen molar-refractivity contribution >= 4 is 23.2 Å². The highest BCUT2D eigenvalue weighted by Gasteiger charge is 2.28. The molecule has 4 rings (SSSR count). The van der Waals surface area contributed by atoms with E-state index in [4.69, 9.17) is 4.98 Å². The number of carbonyl (C=O) groups is 1. The fraction of sp³-hybridized carbons (Fsp3) is 0.450. The minimum Gasteiger partial charge on any atom is -0.347 e. The third-order valence-corrected chi connectivity index (χ3v) is 6.42. The molecule has 1 aliphatic rings. The number of hydrogen-bond donors (Lipinski definition) is 1. The molecule has 8 nitrogen and oxygen atoms in total. The van der Waals surface area contributed by atoms with E-state index in [1.54, 1.807) is 22.2 Å². The molecule has 0 bridgehead atoms. The first-order valence-corrected chi connectivity index (χ1v) is 10.5. The molecule has 29 heavy (non-hydrogen) atoms. The summed E-state index contributed by atoms with van der Waals surface area (Å²) in [5, 5.41) is 8.52. The summed E-state index contributed by atoms with van der Waals surface area (Å²) in [7, 11) is 1.85. The molecule has 0 saturated carbocycles. The van der Waals surface area contributed by atoms with Crippen LogP contribution in [-0.4, -0.2) is 49.8 Å². The number of aromatic nitrogens is 5. The van der Waals surface area contributed by atoms with Crippen LogP contribution in [0.5, 0.6) is 0 Å². The van der Waals surface area contributed by atoms with Crippen LogP contribution in [0.3, 0.4) is 0 Å². The van der Waals surface area contributed by atoms with E-state index in [1.807, 2.05) is 40.8 Å². The third kappa shape index (κ3) is 3.74. The predicted octanol–water partition coefficient (Wildman–Crippen LogP) is 2.58. The zero-order chi connectivity index (χ0) is 20.7. The van der Waals surface area contributed by atoms with Gasteiger partial charge in [0.2, 0.25) is 5.95 Å². The molecule has 1 N–H and O–H groups in total. The van der Waals surface area contributed by atoms with E-state index in [-0.39, 0.29) is 11.9 Å². The van der Waals surface area contributed by atoms with Crippen molar-refractivity contribution in [2.75, 3.05) is 18.0 Å². The van der Waals surface area contributed by atoms with Gasteiger partial charge >= 0.3 is 0 Å². The molecule has 9 heteroatoms. The van der Waals surface area contributed by atoms with Crippen molar-refractivity contribution in [2.24, 2.45) is 7.05 Å². The van der Waals surface area contributed by atoms with Crippen LogP contribution in [0.2, 0.25) is 0 Å². The predicted molar refractivity (Wildman–Crippen MR) is 113 cm³/mol. The second-order valence-electron chi connectivity index (χ2n) is 7.46. The summed E-state index contributed by atoms with van der Waals surface area (Å²) in [6.45, 7) is 9.28. The summed E-state index contributed by atoms with van der Waals surface area (Å²) in [5.74, 6) is 0.629. The van der Waals surface area contributed by atoms with E-state index in [1.165, 1.54) is 0 Å². The minimum absolute atomic E-state index is 0.0566. The molecule has 0 aliphatic carbocycles. The van der Waals surface area contributed by atoms with Gasteiger partial charge in [-0.25, -0.2) is 15.0 Å². The molecule has 0 aromatic carbocycles. The van der Waals surface area contributed by atoms with Crippen LogP contribution in [0, 0.1) is 27.7 Å². The largest absolute Gasteiger partial charge is 0.347 e. The maximum absolute atomic E-state index is 12.8. The van der Waals surface area contributed by atoms with Crippen molar-refractivity contribution in [3.8, 4) is 10.6 Å². The molecule has 1 saturated heterocycles. The zero-order valence-corrected chi connectivity index (χ0v) is 18.2. The van der Waals surface area contributed by atoms with Gasteiger partial charge in [-0.3, -0.25) is 9.48 Å². The Kier molecular flexibility index (Phi) is 5.08. The molecule has 4 heterocycles. The maximum atomic E-state index is 12.8. The minimum atomic E-state index is -0.0645. The van der Waals surface area contributed by atoms with E-state index in [9.17, 15) is 4.79 Å². The van der Waals surface area contributed by atoms with Gasteiger partial charge in [-0.05, 0) is 40.2 Å². The number of nitrogens with one attached hydrogen (secondary N) is 1. The Labute approximate surface area is 174 Å². The summed E-state index contributed by atoms with van der Waals surface area (Å²) in [6.07, 6.45) is 2.65. The second-order valence-corrected chi connectivity index (χ2v) is 8.67. The SMILES string of the molecule is Cc1nc(C)c(-c2ccnc(N3CCC(NC(=O)c4c(C)nn(C)c4C)C3)n2)s1. The van der Waals surface area contributed by atoms with Gasteiger partial charge in [0, 0.05) is 38.1 Å². The van der Waals surface area contributed by atoms with E-state index in [0.29, 0.717) is 18.1 Å². The number of carbonyl (C=O) groups excluding carboxylic acids is 1. The first-order chi connectivity index (χ1) is 13.8. The molecule has 1 unspecified atom stereocenters. The van der Waals surface area contributed by atoms with E-state index < -0.39 is 0 Å². The highest BCUT2D eigenvalue weighted by molar-refractivity contribution is 7.15. The second kappa shape index (κ2) is 7.55. The monoisotopic (exact) mass is 411 g/mol. The number of anilines is 1. The summed E-state index contributed by atoms with van der Waals surface area (Å²) < 4.78 is 1.74. The highest BCUT2D eigenvalue weighted by atomic mass is 32.1. The van der Waals surface area contributed by atoms with Gasteiger partial charge in [0.05, 0.1) is 32.5 Å². The molecule has 0 spiro atoms. The van der Waals surface area contributed by atoms with Gasteiger partial charge in [-0.2, -0.15) is 5.10 Å². The van der Waals surface area contributed by atoms with Crippen molar-refractivity contribution in [1.82, 2.24) is 30.0 Å². The smallest absolute Gasteiger partial charge is 0.255 e. The van der Waals surface area contributed by atoms with Gasteiger partial charge in [-0.1, -0.05) is 0 Å². The van der Waals surface area contributed by atoms with Crippen molar-refractivity contribution in [2.45, 2.75) is 40.2 Å². The molecule has 3 aromatic rings. The van der Waals surface area contributed by atoms with E-state index >= 15 is 0 Å². The van der Waals surface area contributed by atoms with Crippen LogP contribution in [0.4, 0.5) is 5.95 Å². The lowest BCUT2D eigenvalue weighted by Gasteiger charge is -2.17. The van der Waals surface area contributed by atoms with Crippen LogP contribution < -0.4 is 10.2 Å². The van der Waals surface area contributed by atoms with Gasteiger partial charge in [-0.15, -0.1) is 11.3 Å². The number of amides is 1. The average Bonchev–Trinajstić information content (AvgIpc) is 3.34. The Hall–Kier alpha value is -2.81. The van der Waals surface area contributed by atoms with Crippen LogP contribution in [0.15, 0.2) is 12.3 Å².